The predicted octanol–water partition coefficient (Wildman–Crippen LogP) is 2.25. The van der Waals surface area contributed by atoms with Crippen LogP contribution in [0.1, 0.15) is 0 Å². The maximum atomic E-state index is 11.9. The van der Waals surface area contributed by atoms with Crippen molar-refractivity contribution in [2.75, 3.05) is 22.0 Å². The second-order valence-electron chi connectivity index (χ2n) is 4.08. The van der Waals surface area contributed by atoms with Crippen molar-refractivity contribution in [3.63, 3.8) is 0 Å². The Morgan fingerprint density at radius 3 is 2.48 bits per heavy atom. The van der Waals surface area contributed by atoms with Gasteiger partial charge in [-0.2, -0.15) is 0 Å². The molecule has 0 radical (unpaired) electrons. The molecule has 112 valence electrons. The van der Waals surface area contributed by atoms with Crippen LogP contribution < -0.4 is 10.5 Å². The van der Waals surface area contributed by atoms with Crippen LogP contribution >= 0.6 is 23.4 Å². The van der Waals surface area contributed by atoms with E-state index in [1.165, 1.54) is 23.9 Å². The quantitative estimate of drug-likeness (QED) is 0.616. The zero-order valence-corrected chi connectivity index (χ0v) is 13.2. The number of hydrogen-bond acceptors (Lipinski definition) is 6. The Balaban J connectivity index is 1.86. The summed E-state index contributed by atoms with van der Waals surface area (Å²) in [5.41, 5.74) is 6.26. The molecule has 0 aliphatic carbocycles. The summed E-state index contributed by atoms with van der Waals surface area (Å²) in [5, 5.41) is 7.42. The number of benzene rings is 1. The SMILES string of the molecule is Nc1ccc(SCCS(=O)(=O)Nc2ccc(Cl)nn2)cc1. The molecule has 1 heterocycles. The summed E-state index contributed by atoms with van der Waals surface area (Å²) in [7, 11) is -3.47. The molecule has 0 saturated heterocycles. The van der Waals surface area contributed by atoms with Crippen molar-refractivity contribution in [3.05, 3.63) is 41.6 Å². The monoisotopic (exact) mass is 344 g/mol. The van der Waals surface area contributed by atoms with Gasteiger partial charge >= 0.3 is 0 Å². The van der Waals surface area contributed by atoms with Gasteiger partial charge in [0.25, 0.3) is 0 Å². The summed E-state index contributed by atoms with van der Waals surface area (Å²) >= 11 is 7.02. The minimum absolute atomic E-state index is 0.0354. The Bertz CT molecular complexity index is 690. The van der Waals surface area contributed by atoms with Crippen molar-refractivity contribution in [2.45, 2.75) is 4.90 Å². The van der Waals surface area contributed by atoms with E-state index in [-0.39, 0.29) is 16.7 Å². The third-order valence-electron chi connectivity index (χ3n) is 2.39. The molecule has 2 aromatic rings. The fourth-order valence-electron chi connectivity index (χ4n) is 1.41. The fourth-order valence-corrected chi connectivity index (χ4v) is 3.82. The topological polar surface area (TPSA) is 98.0 Å². The summed E-state index contributed by atoms with van der Waals surface area (Å²) in [5.74, 6) is 0.531. The Morgan fingerprint density at radius 2 is 1.86 bits per heavy atom. The largest absolute Gasteiger partial charge is 0.399 e. The molecule has 0 aliphatic heterocycles. The van der Waals surface area contributed by atoms with E-state index in [4.69, 9.17) is 17.3 Å². The highest BCUT2D eigenvalue weighted by Gasteiger charge is 2.11. The number of nitrogen functional groups attached to an aromatic ring is 1. The molecule has 0 amide bonds. The molecule has 1 aromatic heterocycles. The fraction of sp³-hybridized carbons (Fsp3) is 0.167. The van der Waals surface area contributed by atoms with E-state index in [2.05, 4.69) is 14.9 Å². The standard InChI is InChI=1S/C12H13ClN4O2S2/c13-11-5-6-12(16-15-11)17-21(18,19)8-7-20-10-3-1-9(14)2-4-10/h1-6H,7-8,14H2,(H,16,17). The Hall–Kier alpha value is -1.51. The molecule has 0 fully saturated rings. The van der Waals surface area contributed by atoms with Crippen LogP contribution in [0.15, 0.2) is 41.3 Å². The van der Waals surface area contributed by atoms with Crippen LogP contribution in [0, 0.1) is 0 Å². The van der Waals surface area contributed by atoms with Gasteiger partial charge in [0.1, 0.15) is 0 Å². The lowest BCUT2D eigenvalue weighted by atomic mass is 10.3. The van der Waals surface area contributed by atoms with E-state index in [9.17, 15) is 8.42 Å². The summed E-state index contributed by atoms with van der Waals surface area (Å²) < 4.78 is 26.1. The number of nitrogens with one attached hydrogen (secondary N) is 1. The van der Waals surface area contributed by atoms with Crippen LogP contribution in [0.4, 0.5) is 11.5 Å². The van der Waals surface area contributed by atoms with E-state index >= 15 is 0 Å². The van der Waals surface area contributed by atoms with Crippen molar-refractivity contribution in [3.8, 4) is 0 Å². The molecule has 0 saturated carbocycles. The molecule has 9 heteroatoms. The first kappa shape index (κ1) is 15.9. The van der Waals surface area contributed by atoms with Gasteiger partial charge in [0.05, 0.1) is 5.75 Å². The average Bonchev–Trinajstić information content (AvgIpc) is 2.43. The summed E-state index contributed by atoms with van der Waals surface area (Å²) in [4.78, 5) is 0.964. The molecule has 3 N–H and O–H groups in total. The maximum Gasteiger partial charge on any atom is 0.234 e. The van der Waals surface area contributed by atoms with Crippen molar-refractivity contribution < 1.29 is 8.42 Å². The first-order chi connectivity index (χ1) is 9.94. The molecule has 0 atom stereocenters. The van der Waals surface area contributed by atoms with Crippen molar-refractivity contribution in [2.24, 2.45) is 0 Å². The van der Waals surface area contributed by atoms with Crippen LogP contribution in [0.2, 0.25) is 5.15 Å². The van der Waals surface area contributed by atoms with Gasteiger partial charge in [-0.15, -0.1) is 22.0 Å². The number of aromatic nitrogens is 2. The van der Waals surface area contributed by atoms with Gasteiger partial charge in [0.2, 0.25) is 10.0 Å². The number of rotatable bonds is 6. The molecule has 1 aromatic carbocycles. The Kier molecular flexibility index (Phi) is 5.27. The first-order valence-electron chi connectivity index (χ1n) is 5.93. The van der Waals surface area contributed by atoms with Crippen molar-refractivity contribution >= 4 is 44.9 Å². The highest BCUT2D eigenvalue weighted by atomic mass is 35.5. The molecule has 21 heavy (non-hydrogen) atoms. The van der Waals surface area contributed by atoms with E-state index < -0.39 is 10.0 Å². The van der Waals surface area contributed by atoms with E-state index in [1.807, 2.05) is 12.1 Å². The highest BCUT2D eigenvalue weighted by molar-refractivity contribution is 8.01. The highest BCUT2D eigenvalue weighted by Crippen LogP contribution is 2.19. The lowest BCUT2D eigenvalue weighted by Gasteiger charge is -2.06. The number of halogens is 1. The number of thioether (sulfide) groups is 1. The Morgan fingerprint density at radius 1 is 1.14 bits per heavy atom. The average molecular weight is 345 g/mol. The van der Waals surface area contributed by atoms with E-state index in [0.717, 1.165) is 4.90 Å². The van der Waals surface area contributed by atoms with Crippen molar-refractivity contribution in [1.29, 1.82) is 0 Å². The number of nitrogens with two attached hydrogens (primary N) is 1. The van der Waals surface area contributed by atoms with Crippen LogP contribution in [0.25, 0.3) is 0 Å². The second kappa shape index (κ2) is 6.97. The predicted molar refractivity (Wildman–Crippen MR) is 86.0 cm³/mol. The smallest absolute Gasteiger partial charge is 0.234 e. The van der Waals surface area contributed by atoms with Crippen LogP contribution in [0.3, 0.4) is 0 Å². The van der Waals surface area contributed by atoms with E-state index in [0.29, 0.717) is 11.4 Å². The lowest BCUT2D eigenvalue weighted by Crippen LogP contribution is -2.19. The van der Waals surface area contributed by atoms with Crippen molar-refractivity contribution in [1.82, 2.24) is 10.2 Å². The van der Waals surface area contributed by atoms with Gasteiger partial charge < -0.3 is 5.73 Å². The minimum atomic E-state index is -3.47. The summed E-state index contributed by atoms with van der Waals surface area (Å²) in [6, 6.07) is 10.2. The number of hydrogen-bond donors (Lipinski definition) is 2. The van der Waals surface area contributed by atoms with Crippen LogP contribution in [-0.2, 0) is 10.0 Å². The molecule has 0 spiro atoms. The van der Waals surface area contributed by atoms with Gasteiger partial charge in [-0.05, 0) is 36.4 Å². The van der Waals surface area contributed by atoms with Crippen LogP contribution in [0.5, 0.6) is 0 Å². The second-order valence-corrected chi connectivity index (χ2v) is 7.48. The Labute approximate surface area is 132 Å². The van der Waals surface area contributed by atoms with E-state index in [1.54, 1.807) is 12.1 Å². The summed E-state index contributed by atoms with van der Waals surface area (Å²) in [6.07, 6.45) is 0. The molecular formula is C12H13ClN4O2S2. The zero-order valence-electron chi connectivity index (χ0n) is 10.9. The minimum Gasteiger partial charge on any atom is -0.399 e. The van der Waals surface area contributed by atoms with Gasteiger partial charge in [-0.3, -0.25) is 4.72 Å². The molecule has 0 unspecified atom stereocenters. The van der Waals surface area contributed by atoms with Gasteiger partial charge in [0.15, 0.2) is 11.0 Å². The van der Waals surface area contributed by atoms with Gasteiger partial charge in [-0.25, -0.2) is 8.42 Å². The van der Waals surface area contributed by atoms with Gasteiger partial charge in [-0.1, -0.05) is 11.6 Å². The lowest BCUT2D eigenvalue weighted by molar-refractivity contribution is 0.602. The molecular weight excluding hydrogens is 332 g/mol. The third kappa shape index (κ3) is 5.41. The zero-order chi connectivity index (χ0) is 15.3. The number of sulfonamides is 1. The number of nitrogens with zero attached hydrogens (tertiary/aromatic N) is 2. The van der Waals surface area contributed by atoms with Crippen LogP contribution in [-0.4, -0.2) is 30.1 Å². The number of anilines is 2. The maximum absolute atomic E-state index is 11.9. The summed E-state index contributed by atoms with van der Waals surface area (Å²) in [6.45, 7) is 0. The first-order valence-corrected chi connectivity index (χ1v) is 8.94. The molecule has 2 rings (SSSR count). The molecule has 0 bridgehead atoms. The van der Waals surface area contributed by atoms with Gasteiger partial charge in [0, 0.05) is 16.3 Å². The molecule has 6 nitrogen and oxygen atoms in total. The third-order valence-corrected chi connectivity index (χ3v) is 5.13. The molecule has 0 aliphatic rings. The normalized spacial score (nSPS) is 11.3.